The highest BCUT2D eigenvalue weighted by molar-refractivity contribution is 5.90. The molecule has 1 saturated heterocycles. The average molecular weight is 374 g/mol. The number of carbonyl (C=O) groups is 1. The van der Waals surface area contributed by atoms with Crippen LogP contribution >= 0.6 is 0 Å². The first kappa shape index (κ1) is 18.0. The lowest BCUT2D eigenvalue weighted by Crippen LogP contribution is -2.27. The van der Waals surface area contributed by atoms with Crippen LogP contribution in [-0.4, -0.2) is 50.4 Å². The van der Waals surface area contributed by atoms with Crippen LogP contribution in [0.2, 0.25) is 0 Å². The summed E-state index contributed by atoms with van der Waals surface area (Å²) in [7, 11) is 3.57. The van der Waals surface area contributed by atoms with Crippen LogP contribution in [-0.2, 0) is 20.0 Å². The Morgan fingerprint density at radius 3 is 2.89 bits per heavy atom. The topological polar surface area (TPSA) is 98.3 Å². The number of methoxy groups -OCH3 is 1. The molecule has 1 atom stereocenters. The van der Waals surface area contributed by atoms with E-state index in [1.807, 2.05) is 7.05 Å². The summed E-state index contributed by atoms with van der Waals surface area (Å²) in [4.78, 5) is 18.8. The summed E-state index contributed by atoms with van der Waals surface area (Å²) in [6.07, 6.45) is 4.87. The Hall–Kier alpha value is -2.42. The number of hydrogen-bond acceptors (Lipinski definition) is 7. The molecule has 2 fully saturated rings. The lowest BCUT2D eigenvalue weighted by atomic mass is 10.1. The normalized spacial score (nSPS) is 20.2. The summed E-state index contributed by atoms with van der Waals surface area (Å²) >= 11 is 0. The van der Waals surface area contributed by atoms with Gasteiger partial charge in [-0.3, -0.25) is 9.69 Å². The maximum absolute atomic E-state index is 12.1. The van der Waals surface area contributed by atoms with Crippen LogP contribution in [0.15, 0.2) is 4.52 Å². The molecule has 1 amide bonds. The number of hydrogen-bond donors (Lipinski definition) is 1. The SMILES string of the molecule is CCc1nn(C)c(OC)c1CN1CCC[C@H]1c1nc(C(=O)NC2CC2)no1. The maximum atomic E-state index is 12.1. The second kappa shape index (κ2) is 7.30. The molecule has 27 heavy (non-hydrogen) atoms. The van der Waals surface area contributed by atoms with Crippen LogP contribution in [0.3, 0.4) is 0 Å². The Balaban J connectivity index is 1.51. The zero-order valence-electron chi connectivity index (χ0n) is 16.1. The first-order chi connectivity index (χ1) is 13.1. The number of nitrogens with one attached hydrogen (secondary N) is 1. The Morgan fingerprint density at radius 1 is 1.37 bits per heavy atom. The summed E-state index contributed by atoms with van der Waals surface area (Å²) in [5.74, 6) is 1.16. The molecule has 1 aliphatic heterocycles. The number of likely N-dealkylation sites (tertiary alicyclic amines) is 1. The van der Waals surface area contributed by atoms with E-state index in [-0.39, 0.29) is 23.8 Å². The van der Waals surface area contributed by atoms with Crippen molar-refractivity contribution in [2.24, 2.45) is 7.05 Å². The van der Waals surface area contributed by atoms with E-state index in [1.165, 1.54) is 0 Å². The van der Waals surface area contributed by atoms with Gasteiger partial charge in [-0.1, -0.05) is 12.1 Å². The van der Waals surface area contributed by atoms with Crippen molar-refractivity contribution in [2.75, 3.05) is 13.7 Å². The van der Waals surface area contributed by atoms with E-state index in [1.54, 1.807) is 11.8 Å². The molecule has 1 aliphatic carbocycles. The average Bonchev–Trinajstić information content (AvgIpc) is 3.08. The molecule has 0 unspecified atom stereocenters. The van der Waals surface area contributed by atoms with E-state index in [4.69, 9.17) is 9.26 Å². The lowest BCUT2D eigenvalue weighted by molar-refractivity contribution is 0.0937. The second-order valence-electron chi connectivity index (χ2n) is 7.24. The first-order valence-corrected chi connectivity index (χ1v) is 9.58. The third-order valence-corrected chi connectivity index (χ3v) is 5.27. The van der Waals surface area contributed by atoms with Gasteiger partial charge in [-0.05, 0) is 38.6 Å². The monoisotopic (exact) mass is 374 g/mol. The molecule has 1 saturated carbocycles. The molecule has 3 heterocycles. The second-order valence-corrected chi connectivity index (χ2v) is 7.24. The smallest absolute Gasteiger partial charge is 0.292 e. The number of nitrogens with zero attached hydrogens (tertiary/aromatic N) is 5. The molecular weight excluding hydrogens is 348 g/mol. The minimum absolute atomic E-state index is 0.00888. The summed E-state index contributed by atoms with van der Waals surface area (Å²) in [5, 5.41) is 11.3. The van der Waals surface area contributed by atoms with Crippen molar-refractivity contribution in [3.8, 4) is 5.88 Å². The van der Waals surface area contributed by atoms with Crippen molar-refractivity contribution in [3.63, 3.8) is 0 Å². The summed E-state index contributed by atoms with van der Waals surface area (Å²) in [6.45, 7) is 3.73. The van der Waals surface area contributed by atoms with E-state index in [0.29, 0.717) is 12.4 Å². The van der Waals surface area contributed by atoms with Gasteiger partial charge in [0.15, 0.2) is 0 Å². The largest absolute Gasteiger partial charge is 0.481 e. The van der Waals surface area contributed by atoms with Gasteiger partial charge in [0.2, 0.25) is 11.8 Å². The summed E-state index contributed by atoms with van der Waals surface area (Å²) < 4.78 is 12.8. The first-order valence-electron chi connectivity index (χ1n) is 9.58. The Kier molecular flexibility index (Phi) is 4.86. The van der Waals surface area contributed by atoms with E-state index in [0.717, 1.165) is 55.8 Å². The van der Waals surface area contributed by atoms with Crippen LogP contribution in [0.25, 0.3) is 0 Å². The van der Waals surface area contributed by atoms with Gasteiger partial charge < -0.3 is 14.6 Å². The van der Waals surface area contributed by atoms with Gasteiger partial charge >= 0.3 is 0 Å². The van der Waals surface area contributed by atoms with Crippen LogP contribution < -0.4 is 10.1 Å². The van der Waals surface area contributed by atoms with E-state index in [9.17, 15) is 4.79 Å². The van der Waals surface area contributed by atoms with Crippen LogP contribution in [0.4, 0.5) is 0 Å². The van der Waals surface area contributed by atoms with Gasteiger partial charge in [0.1, 0.15) is 0 Å². The Labute approximate surface area is 158 Å². The maximum Gasteiger partial charge on any atom is 0.292 e. The molecule has 9 nitrogen and oxygen atoms in total. The number of ether oxygens (including phenoxy) is 1. The minimum Gasteiger partial charge on any atom is -0.481 e. The lowest BCUT2D eigenvalue weighted by Gasteiger charge is -2.21. The van der Waals surface area contributed by atoms with Gasteiger partial charge in [-0.15, -0.1) is 0 Å². The van der Waals surface area contributed by atoms with Crippen molar-refractivity contribution < 1.29 is 14.1 Å². The van der Waals surface area contributed by atoms with E-state index < -0.39 is 0 Å². The summed E-state index contributed by atoms with van der Waals surface area (Å²) in [5.41, 5.74) is 2.13. The highest BCUT2D eigenvalue weighted by Crippen LogP contribution is 2.34. The summed E-state index contributed by atoms with van der Waals surface area (Å²) in [6, 6.07) is 0.280. The number of carbonyl (C=O) groups excluding carboxylic acids is 1. The Morgan fingerprint density at radius 2 is 2.19 bits per heavy atom. The van der Waals surface area contributed by atoms with Gasteiger partial charge in [-0.2, -0.15) is 10.1 Å². The van der Waals surface area contributed by atoms with Gasteiger partial charge in [0.05, 0.1) is 24.4 Å². The van der Waals surface area contributed by atoms with Crippen molar-refractivity contribution in [1.29, 1.82) is 0 Å². The highest BCUT2D eigenvalue weighted by Gasteiger charge is 2.34. The zero-order valence-corrected chi connectivity index (χ0v) is 16.1. The van der Waals surface area contributed by atoms with Gasteiger partial charge in [0.25, 0.3) is 11.7 Å². The number of rotatable bonds is 7. The molecule has 2 aromatic rings. The molecule has 0 radical (unpaired) electrons. The molecule has 2 aromatic heterocycles. The van der Waals surface area contributed by atoms with E-state index >= 15 is 0 Å². The van der Waals surface area contributed by atoms with Crippen molar-refractivity contribution >= 4 is 5.91 Å². The molecule has 146 valence electrons. The zero-order chi connectivity index (χ0) is 19.0. The fraction of sp³-hybridized carbons (Fsp3) is 0.667. The molecule has 9 heteroatoms. The molecule has 4 rings (SSSR count). The van der Waals surface area contributed by atoms with Crippen molar-refractivity contribution in [2.45, 2.75) is 57.7 Å². The number of amides is 1. The van der Waals surface area contributed by atoms with Crippen LogP contribution in [0.1, 0.15) is 66.4 Å². The third kappa shape index (κ3) is 3.55. The molecular formula is C18H26N6O3. The van der Waals surface area contributed by atoms with Gasteiger partial charge in [0, 0.05) is 19.6 Å². The van der Waals surface area contributed by atoms with Crippen molar-refractivity contribution in [1.82, 2.24) is 30.1 Å². The number of aryl methyl sites for hydroxylation is 2. The predicted molar refractivity (Wildman–Crippen MR) is 96.3 cm³/mol. The number of aromatic nitrogens is 4. The predicted octanol–water partition coefficient (Wildman–Crippen LogP) is 1.60. The standard InChI is InChI=1S/C18H26N6O3/c1-4-13-12(18(26-3)23(2)21-13)10-24-9-5-6-14(24)17-20-15(22-27-17)16(25)19-11-7-8-11/h11,14H,4-10H2,1-3H3,(H,19,25)/t14-/m0/s1. The highest BCUT2D eigenvalue weighted by atomic mass is 16.5. The van der Waals surface area contributed by atoms with Crippen molar-refractivity contribution in [3.05, 3.63) is 23.0 Å². The molecule has 0 aromatic carbocycles. The quantitative estimate of drug-likeness (QED) is 0.786. The molecule has 0 bridgehead atoms. The molecule has 1 N–H and O–H groups in total. The fourth-order valence-electron chi connectivity index (χ4n) is 3.74. The molecule has 2 aliphatic rings. The van der Waals surface area contributed by atoms with E-state index in [2.05, 4.69) is 32.4 Å². The third-order valence-electron chi connectivity index (χ3n) is 5.27. The van der Waals surface area contributed by atoms with Crippen LogP contribution in [0, 0.1) is 0 Å². The fourth-order valence-corrected chi connectivity index (χ4v) is 3.74. The van der Waals surface area contributed by atoms with Crippen LogP contribution in [0.5, 0.6) is 5.88 Å². The van der Waals surface area contributed by atoms with Gasteiger partial charge in [-0.25, -0.2) is 4.68 Å². The molecule has 0 spiro atoms. The Bertz CT molecular complexity index is 825. The minimum atomic E-state index is -0.251.